The van der Waals surface area contributed by atoms with Gasteiger partial charge in [0.2, 0.25) is 0 Å². The molecule has 2 heterocycles. The van der Waals surface area contributed by atoms with Gasteiger partial charge in [-0.3, -0.25) is 9.38 Å². The predicted octanol–water partition coefficient (Wildman–Crippen LogP) is 6.70. The number of alkyl halides is 3. The second-order valence-electron chi connectivity index (χ2n) is 7.36. The Kier molecular flexibility index (Phi) is 5.13. The molecule has 1 N–H and O–H groups in total. The fraction of sp³-hybridized carbons (Fsp3) is 0.182. The van der Waals surface area contributed by atoms with Gasteiger partial charge in [-0.15, -0.1) is 0 Å². The zero-order chi connectivity index (χ0) is 22.5. The zero-order valence-electron chi connectivity index (χ0n) is 16.4. The van der Waals surface area contributed by atoms with Crippen LogP contribution in [0.2, 0.25) is 5.02 Å². The van der Waals surface area contributed by atoms with E-state index in [1.165, 1.54) is 24.4 Å². The highest BCUT2D eigenvalue weighted by Gasteiger charge is 2.34. The second kappa shape index (κ2) is 7.53. The van der Waals surface area contributed by atoms with E-state index >= 15 is 0 Å². The first kappa shape index (κ1) is 21.1. The maximum atomic E-state index is 13.7. The van der Waals surface area contributed by atoms with Crippen molar-refractivity contribution < 1.29 is 22.7 Å². The molecule has 0 amide bonds. The Bertz CT molecular complexity index is 1300. The number of hydrogen-bond acceptors (Lipinski definition) is 3. The second-order valence-corrected chi connectivity index (χ2v) is 7.76. The first-order chi connectivity index (χ1) is 14.6. The molecule has 0 unspecified atom stereocenters. The molecule has 0 aliphatic carbocycles. The normalized spacial score (nSPS) is 12.1. The van der Waals surface area contributed by atoms with Crippen molar-refractivity contribution in [3.63, 3.8) is 0 Å². The molecule has 2 aromatic heterocycles. The van der Waals surface area contributed by atoms with Crippen molar-refractivity contribution >= 4 is 17.2 Å². The fourth-order valence-electron chi connectivity index (χ4n) is 3.39. The molecule has 0 saturated carbocycles. The molecular weight excluding hydrogens is 434 g/mol. The first-order valence-electron chi connectivity index (χ1n) is 9.30. The Morgan fingerprint density at radius 1 is 1.10 bits per heavy atom. The minimum atomic E-state index is -4.82. The van der Waals surface area contributed by atoms with Crippen LogP contribution in [0, 0.1) is 5.82 Å². The van der Waals surface area contributed by atoms with Gasteiger partial charge in [0.15, 0.2) is 5.65 Å². The first-order valence-corrected chi connectivity index (χ1v) is 9.68. The van der Waals surface area contributed by atoms with Gasteiger partial charge >= 0.3 is 6.18 Å². The molecule has 0 bridgehead atoms. The van der Waals surface area contributed by atoms with E-state index in [0.29, 0.717) is 27.6 Å². The van der Waals surface area contributed by atoms with Crippen LogP contribution in [-0.2, 0) is 6.18 Å². The summed E-state index contributed by atoms with van der Waals surface area (Å²) < 4.78 is 54.8. The predicted molar refractivity (Wildman–Crippen MR) is 110 cm³/mol. The molecule has 31 heavy (non-hydrogen) atoms. The molecule has 0 aliphatic rings. The monoisotopic (exact) mass is 449 g/mol. The Labute approximate surface area is 179 Å². The van der Waals surface area contributed by atoms with Gasteiger partial charge < -0.3 is 5.11 Å². The number of hydrogen-bond donors (Lipinski definition) is 1. The third kappa shape index (κ3) is 3.83. The van der Waals surface area contributed by atoms with Crippen molar-refractivity contribution in [1.82, 2.24) is 14.4 Å². The number of aromatic nitrogens is 3. The van der Waals surface area contributed by atoms with E-state index in [0.717, 1.165) is 12.1 Å². The summed E-state index contributed by atoms with van der Waals surface area (Å²) in [4.78, 5) is 8.82. The average molecular weight is 450 g/mol. The molecular formula is C22H16ClF4N3O. The summed E-state index contributed by atoms with van der Waals surface area (Å²) in [5.74, 6) is -1.34. The van der Waals surface area contributed by atoms with E-state index in [2.05, 4.69) is 9.97 Å². The number of phenols is 1. The van der Waals surface area contributed by atoms with Gasteiger partial charge in [0.05, 0.1) is 33.9 Å². The Balaban J connectivity index is 1.96. The van der Waals surface area contributed by atoms with E-state index in [-0.39, 0.29) is 22.9 Å². The number of phenolic OH excluding ortho intramolecular Hbond substituents is 1. The fourth-order valence-corrected chi connectivity index (χ4v) is 3.65. The molecule has 4 nitrogen and oxygen atoms in total. The van der Waals surface area contributed by atoms with Gasteiger partial charge in [0.1, 0.15) is 11.6 Å². The minimum Gasteiger partial charge on any atom is -0.508 e. The van der Waals surface area contributed by atoms with Crippen LogP contribution < -0.4 is 0 Å². The van der Waals surface area contributed by atoms with Crippen molar-refractivity contribution in [1.29, 1.82) is 0 Å². The summed E-state index contributed by atoms with van der Waals surface area (Å²) in [6.45, 7) is 3.90. The molecule has 4 aromatic rings. The molecule has 4 rings (SSSR count). The molecule has 160 valence electrons. The van der Waals surface area contributed by atoms with Crippen LogP contribution >= 0.6 is 11.6 Å². The van der Waals surface area contributed by atoms with Gasteiger partial charge in [-0.1, -0.05) is 25.4 Å². The smallest absolute Gasteiger partial charge is 0.419 e. The SMILES string of the molecule is CC(C)c1nc2cnc(-c3ccc(F)c(C(F)(F)F)c3)cn2c1-c1ccc(O)cc1Cl. The average Bonchev–Trinajstić information content (AvgIpc) is 3.06. The maximum Gasteiger partial charge on any atom is 0.419 e. The number of benzene rings is 2. The summed E-state index contributed by atoms with van der Waals surface area (Å²) >= 11 is 6.36. The lowest BCUT2D eigenvalue weighted by atomic mass is 10.0. The number of halogens is 5. The summed E-state index contributed by atoms with van der Waals surface area (Å²) in [5.41, 5.74) is 1.38. The molecule has 9 heteroatoms. The number of nitrogens with zero attached hydrogens (tertiary/aromatic N) is 3. The number of fused-ring (bicyclic) bond motifs is 1. The van der Waals surface area contributed by atoms with Crippen LogP contribution in [-0.4, -0.2) is 19.5 Å². The van der Waals surface area contributed by atoms with Gasteiger partial charge in [0.25, 0.3) is 0 Å². The van der Waals surface area contributed by atoms with Crippen molar-refractivity contribution in [3.8, 4) is 28.3 Å². The molecule has 0 aliphatic heterocycles. The van der Waals surface area contributed by atoms with E-state index in [1.807, 2.05) is 13.8 Å². The number of aromatic hydroxyl groups is 1. The Hall–Kier alpha value is -3.13. The molecule has 0 spiro atoms. The van der Waals surface area contributed by atoms with Crippen LogP contribution in [0.4, 0.5) is 17.6 Å². The summed E-state index contributed by atoms with van der Waals surface area (Å²) in [7, 11) is 0. The summed E-state index contributed by atoms with van der Waals surface area (Å²) in [6, 6.07) is 7.28. The third-order valence-corrected chi connectivity index (χ3v) is 5.17. The van der Waals surface area contributed by atoms with E-state index in [9.17, 15) is 22.7 Å². The molecule has 0 saturated heterocycles. The van der Waals surface area contributed by atoms with Crippen LogP contribution in [0.1, 0.15) is 31.0 Å². The molecule has 0 atom stereocenters. The standard InChI is InChI=1S/C22H16ClF4N3O/c1-11(2)20-21(14-5-4-13(31)8-16(14)23)30-10-18(28-9-19(30)29-20)12-3-6-17(24)15(7-12)22(25,26)27/h3-11,31H,1-2H3. The quantitative estimate of drug-likeness (QED) is 0.354. The Morgan fingerprint density at radius 2 is 1.84 bits per heavy atom. The highest BCUT2D eigenvalue weighted by Crippen LogP contribution is 2.37. The van der Waals surface area contributed by atoms with E-state index < -0.39 is 17.6 Å². The van der Waals surface area contributed by atoms with Crippen LogP contribution in [0.15, 0.2) is 48.8 Å². The van der Waals surface area contributed by atoms with Crippen LogP contribution in [0.3, 0.4) is 0 Å². The van der Waals surface area contributed by atoms with Crippen LogP contribution in [0.25, 0.3) is 28.2 Å². The largest absolute Gasteiger partial charge is 0.508 e. The van der Waals surface area contributed by atoms with Crippen molar-refractivity contribution in [2.24, 2.45) is 0 Å². The Morgan fingerprint density at radius 3 is 2.48 bits per heavy atom. The minimum absolute atomic E-state index is 0.00187. The summed E-state index contributed by atoms with van der Waals surface area (Å²) in [5, 5.41) is 9.99. The maximum absolute atomic E-state index is 13.7. The van der Waals surface area contributed by atoms with Crippen molar-refractivity contribution in [2.75, 3.05) is 0 Å². The van der Waals surface area contributed by atoms with E-state index in [1.54, 1.807) is 16.7 Å². The lowest BCUT2D eigenvalue weighted by Gasteiger charge is -2.12. The highest BCUT2D eigenvalue weighted by atomic mass is 35.5. The van der Waals surface area contributed by atoms with Gasteiger partial charge in [-0.05, 0) is 42.3 Å². The molecule has 2 aromatic carbocycles. The number of rotatable bonds is 3. The highest BCUT2D eigenvalue weighted by molar-refractivity contribution is 6.33. The number of imidazole rings is 1. The lowest BCUT2D eigenvalue weighted by molar-refractivity contribution is -0.139. The van der Waals surface area contributed by atoms with Gasteiger partial charge in [-0.25, -0.2) is 9.37 Å². The summed E-state index contributed by atoms with van der Waals surface area (Å²) in [6.07, 6.45) is -1.84. The third-order valence-electron chi connectivity index (χ3n) is 4.86. The van der Waals surface area contributed by atoms with Crippen molar-refractivity contribution in [2.45, 2.75) is 25.9 Å². The molecule has 0 radical (unpaired) electrons. The lowest BCUT2D eigenvalue weighted by Crippen LogP contribution is -2.08. The van der Waals surface area contributed by atoms with Gasteiger partial charge in [0, 0.05) is 17.3 Å². The van der Waals surface area contributed by atoms with Crippen molar-refractivity contribution in [3.05, 3.63) is 70.9 Å². The van der Waals surface area contributed by atoms with E-state index in [4.69, 9.17) is 11.6 Å². The molecule has 0 fully saturated rings. The van der Waals surface area contributed by atoms with Crippen LogP contribution in [0.5, 0.6) is 5.75 Å². The zero-order valence-corrected chi connectivity index (χ0v) is 17.1. The van der Waals surface area contributed by atoms with Gasteiger partial charge in [-0.2, -0.15) is 13.2 Å². The topological polar surface area (TPSA) is 50.4 Å².